The van der Waals surface area contributed by atoms with E-state index in [9.17, 15) is 0 Å². The van der Waals surface area contributed by atoms with Crippen molar-refractivity contribution in [2.75, 3.05) is 0 Å². The van der Waals surface area contributed by atoms with Gasteiger partial charge in [-0.2, -0.15) is 0 Å². The van der Waals surface area contributed by atoms with Crippen molar-refractivity contribution >= 4 is 29.0 Å². The number of aryl methyl sites for hydroxylation is 3. The summed E-state index contributed by atoms with van der Waals surface area (Å²) in [4.78, 5) is 1.42. The van der Waals surface area contributed by atoms with E-state index in [1.165, 1.54) is 119 Å². The number of rotatable bonds is 18. The van der Waals surface area contributed by atoms with Crippen molar-refractivity contribution in [3.05, 3.63) is 146 Å². The summed E-state index contributed by atoms with van der Waals surface area (Å²) in [5.41, 5.74) is 17.4. The second-order valence-electron chi connectivity index (χ2n) is 18.5. The number of hydrogen-bond donors (Lipinski definition) is 0. The molecule has 0 amide bonds. The van der Waals surface area contributed by atoms with Crippen LogP contribution >= 0.6 is 11.8 Å². The predicted molar refractivity (Wildman–Crippen MR) is 255 cm³/mol. The lowest BCUT2D eigenvalue weighted by molar-refractivity contribution is 0.437. The highest BCUT2D eigenvalue weighted by Crippen LogP contribution is 2.41. The van der Waals surface area contributed by atoms with E-state index in [-0.39, 0.29) is 0 Å². The van der Waals surface area contributed by atoms with Gasteiger partial charge in [0.05, 0.1) is 0 Å². The maximum atomic E-state index is 2.49. The van der Waals surface area contributed by atoms with Crippen molar-refractivity contribution in [2.24, 2.45) is 23.7 Å². The predicted octanol–water partition coefficient (Wildman–Crippen LogP) is 16.8. The van der Waals surface area contributed by atoms with Crippen LogP contribution in [0.2, 0.25) is 0 Å². The summed E-state index contributed by atoms with van der Waals surface area (Å²) in [5.74, 6) is 4.29. The average Bonchev–Trinajstić information content (AvgIpc) is 3.20. The van der Waals surface area contributed by atoms with Gasteiger partial charge in [0.25, 0.3) is 0 Å². The lowest BCUT2D eigenvalue weighted by Gasteiger charge is -2.25. The summed E-state index contributed by atoms with van der Waals surface area (Å²) in [5, 5.41) is 0. The first-order valence-electron chi connectivity index (χ1n) is 22.8. The van der Waals surface area contributed by atoms with E-state index >= 15 is 0 Å². The van der Waals surface area contributed by atoms with Gasteiger partial charge in [-0.3, -0.25) is 0 Å². The van der Waals surface area contributed by atoms with Crippen molar-refractivity contribution < 1.29 is 0 Å². The SMILES string of the molecule is C/C=C\C1=C(/c2ccc(-c3ccc(CCC(C)CCCC(C)C)cc3)cc2)CCc2ccc3c(c2CS1)CCC(c1ccc(CCC(C)CCCC(C)C)cc1)=C3. The van der Waals surface area contributed by atoms with Crippen LogP contribution in [0, 0.1) is 23.7 Å². The average molecular weight is 777 g/mol. The Morgan fingerprint density at radius 2 is 1.07 bits per heavy atom. The van der Waals surface area contributed by atoms with Crippen LogP contribution in [-0.4, -0.2) is 0 Å². The molecule has 0 saturated heterocycles. The van der Waals surface area contributed by atoms with Gasteiger partial charge in [-0.05, 0) is 149 Å². The quantitative estimate of drug-likeness (QED) is 0.0970. The lowest BCUT2D eigenvalue weighted by atomic mass is 9.83. The van der Waals surface area contributed by atoms with Gasteiger partial charge in [0.2, 0.25) is 0 Å². The van der Waals surface area contributed by atoms with Crippen LogP contribution in [0.3, 0.4) is 0 Å². The second-order valence-corrected chi connectivity index (χ2v) is 19.5. The molecule has 0 spiro atoms. The topological polar surface area (TPSA) is 0 Å². The third-order valence-corrected chi connectivity index (χ3v) is 14.0. The summed E-state index contributed by atoms with van der Waals surface area (Å²) >= 11 is 2.04. The molecule has 0 N–H and O–H groups in total. The van der Waals surface area contributed by atoms with Crippen LogP contribution in [0.1, 0.15) is 157 Å². The third kappa shape index (κ3) is 12.5. The van der Waals surface area contributed by atoms with E-state index in [1.54, 1.807) is 16.7 Å². The smallest absolute Gasteiger partial charge is 0.0237 e. The number of hydrogen-bond acceptors (Lipinski definition) is 1. The van der Waals surface area contributed by atoms with Gasteiger partial charge in [0.1, 0.15) is 0 Å². The molecule has 0 radical (unpaired) electrons. The molecular formula is C56H72S. The van der Waals surface area contributed by atoms with E-state index < -0.39 is 0 Å². The number of thioether (sulfide) groups is 1. The standard InChI is InChI=1S/C56H72S/c1-8-11-56-54(49-30-28-47(29-31-49)46-24-20-44(21-25-46)18-16-42(6)14-9-12-40(2)3)37-34-50-32-33-52-38-51(35-36-53(52)55(50)39-57-56)48-26-22-45(23-27-48)19-17-43(7)15-10-13-41(4)5/h8,11,20-33,38,40-43H,9-10,12-19,34-37,39H2,1-7H3/b11-8-,56-54+. The molecule has 1 heterocycles. The molecule has 0 nitrogen and oxygen atoms in total. The molecule has 4 aromatic carbocycles. The van der Waals surface area contributed by atoms with E-state index in [0.29, 0.717) is 0 Å². The van der Waals surface area contributed by atoms with Crippen molar-refractivity contribution in [2.45, 2.75) is 144 Å². The molecule has 0 saturated carbocycles. The zero-order valence-corrected chi connectivity index (χ0v) is 37.5. The Hall–Kier alpha value is -3.55. The molecule has 1 aliphatic heterocycles. The molecule has 1 aliphatic carbocycles. The first-order valence-corrected chi connectivity index (χ1v) is 23.8. The zero-order chi connectivity index (χ0) is 40.1. The lowest BCUT2D eigenvalue weighted by Crippen LogP contribution is -2.08. The van der Waals surface area contributed by atoms with Crippen LogP contribution < -0.4 is 0 Å². The molecule has 0 fully saturated rings. The molecule has 6 rings (SSSR count). The molecule has 4 aromatic rings. The molecule has 2 atom stereocenters. The Morgan fingerprint density at radius 3 is 1.63 bits per heavy atom. The van der Waals surface area contributed by atoms with Crippen LogP contribution in [-0.2, 0) is 31.4 Å². The summed E-state index contributed by atoms with van der Waals surface area (Å²) < 4.78 is 0. The summed E-state index contributed by atoms with van der Waals surface area (Å²) in [6.07, 6.45) is 24.6. The number of fused-ring (bicyclic) bond motifs is 3. The van der Waals surface area contributed by atoms with Crippen LogP contribution in [0.15, 0.2) is 102 Å². The molecular weight excluding hydrogens is 705 g/mol. The number of allylic oxidation sites excluding steroid dienone is 4. The van der Waals surface area contributed by atoms with E-state index in [2.05, 4.69) is 152 Å². The normalized spacial score (nSPS) is 17.0. The Labute approximate surface area is 352 Å². The monoisotopic (exact) mass is 777 g/mol. The van der Waals surface area contributed by atoms with E-state index in [1.807, 2.05) is 11.8 Å². The van der Waals surface area contributed by atoms with Gasteiger partial charge < -0.3 is 0 Å². The zero-order valence-electron chi connectivity index (χ0n) is 36.6. The van der Waals surface area contributed by atoms with Gasteiger partial charge in [-0.25, -0.2) is 0 Å². The molecule has 0 bridgehead atoms. The Kier molecular flexibility index (Phi) is 16.2. The maximum absolute atomic E-state index is 2.49. The highest BCUT2D eigenvalue weighted by atomic mass is 32.2. The summed E-state index contributed by atoms with van der Waals surface area (Å²) in [6, 6.07) is 33.2. The molecule has 2 unspecified atom stereocenters. The third-order valence-electron chi connectivity index (χ3n) is 12.8. The fourth-order valence-electron chi connectivity index (χ4n) is 9.04. The van der Waals surface area contributed by atoms with E-state index in [0.717, 1.165) is 55.1 Å². The van der Waals surface area contributed by atoms with Crippen LogP contribution in [0.5, 0.6) is 0 Å². The van der Waals surface area contributed by atoms with Crippen molar-refractivity contribution in [1.82, 2.24) is 0 Å². The first kappa shape index (κ1) is 43.0. The molecule has 57 heavy (non-hydrogen) atoms. The molecule has 1 heteroatoms. The number of benzene rings is 4. The fourth-order valence-corrected chi connectivity index (χ4v) is 10.3. The van der Waals surface area contributed by atoms with Gasteiger partial charge in [-0.1, -0.05) is 183 Å². The van der Waals surface area contributed by atoms with Crippen LogP contribution in [0.4, 0.5) is 0 Å². The van der Waals surface area contributed by atoms with Crippen molar-refractivity contribution in [3.8, 4) is 11.1 Å². The molecule has 0 aromatic heterocycles. The highest BCUT2D eigenvalue weighted by Gasteiger charge is 2.22. The highest BCUT2D eigenvalue weighted by molar-refractivity contribution is 8.02. The first-order chi connectivity index (χ1) is 27.7. The largest absolute Gasteiger partial charge is 0.121 e. The minimum absolute atomic E-state index is 0.801. The molecule has 2 aliphatic rings. The van der Waals surface area contributed by atoms with Crippen LogP contribution in [0.25, 0.3) is 28.3 Å². The van der Waals surface area contributed by atoms with Crippen molar-refractivity contribution in [1.29, 1.82) is 0 Å². The summed E-state index contributed by atoms with van der Waals surface area (Å²) in [7, 11) is 0. The van der Waals surface area contributed by atoms with E-state index in [4.69, 9.17) is 0 Å². The minimum atomic E-state index is 0.801. The van der Waals surface area contributed by atoms with Crippen molar-refractivity contribution in [3.63, 3.8) is 0 Å². The Morgan fingerprint density at radius 1 is 0.526 bits per heavy atom. The summed E-state index contributed by atoms with van der Waals surface area (Å²) in [6.45, 7) is 16.4. The fraction of sp³-hybridized carbons (Fsp3) is 0.464. The van der Waals surface area contributed by atoms with Gasteiger partial charge in [0, 0.05) is 10.7 Å². The van der Waals surface area contributed by atoms with Gasteiger partial charge in [-0.15, -0.1) is 11.8 Å². The minimum Gasteiger partial charge on any atom is -0.121 e. The maximum Gasteiger partial charge on any atom is 0.0237 e. The van der Waals surface area contributed by atoms with Gasteiger partial charge >= 0.3 is 0 Å². The molecule has 302 valence electrons. The second kappa shape index (κ2) is 21.5. The Balaban J connectivity index is 1.08. The van der Waals surface area contributed by atoms with Gasteiger partial charge in [0.15, 0.2) is 0 Å². The Bertz CT molecular complexity index is 1950.